The number of amides is 1. The lowest BCUT2D eigenvalue weighted by Gasteiger charge is -2.27. The van der Waals surface area contributed by atoms with Gasteiger partial charge in [0.1, 0.15) is 10.1 Å². The molecule has 1 aromatic carbocycles. The number of benzene rings is 1. The highest BCUT2D eigenvalue weighted by Gasteiger charge is 2.38. The van der Waals surface area contributed by atoms with E-state index in [2.05, 4.69) is 0 Å². The standard InChI is InChI=1S/C15H16FNO2S2/c16-11-5-3-10(4-6-11)13(12-2-1-8-19-12)14(18)17-7-9-21-15(17)20/h3-6,12-13H,1-2,7-9H2/t12-,13+/m0/s1. The first-order valence-corrected chi connectivity index (χ1v) is 8.41. The number of thioether (sulfide) groups is 1. The van der Waals surface area contributed by atoms with Crippen molar-refractivity contribution in [3.8, 4) is 0 Å². The molecule has 0 N–H and O–H groups in total. The van der Waals surface area contributed by atoms with E-state index >= 15 is 0 Å². The molecule has 2 aliphatic heterocycles. The van der Waals surface area contributed by atoms with Gasteiger partial charge in [0.05, 0.1) is 12.0 Å². The summed E-state index contributed by atoms with van der Waals surface area (Å²) in [5.41, 5.74) is 0.799. The van der Waals surface area contributed by atoms with Crippen LogP contribution in [-0.2, 0) is 9.53 Å². The zero-order valence-corrected chi connectivity index (χ0v) is 13.1. The molecule has 6 heteroatoms. The topological polar surface area (TPSA) is 29.5 Å². The lowest BCUT2D eigenvalue weighted by Crippen LogP contribution is -2.39. The molecule has 2 saturated heterocycles. The first-order valence-electron chi connectivity index (χ1n) is 7.02. The second-order valence-electron chi connectivity index (χ2n) is 5.18. The predicted molar refractivity (Wildman–Crippen MR) is 84.9 cm³/mol. The molecule has 0 aliphatic carbocycles. The van der Waals surface area contributed by atoms with Gasteiger partial charge in [-0.05, 0) is 30.5 Å². The van der Waals surface area contributed by atoms with Crippen LogP contribution in [0.15, 0.2) is 24.3 Å². The molecule has 3 nitrogen and oxygen atoms in total. The minimum absolute atomic E-state index is 0.0245. The van der Waals surface area contributed by atoms with Crippen molar-refractivity contribution in [2.24, 2.45) is 0 Å². The summed E-state index contributed by atoms with van der Waals surface area (Å²) in [4.78, 5) is 14.5. The fraction of sp³-hybridized carbons (Fsp3) is 0.467. The molecule has 1 aromatic rings. The quantitative estimate of drug-likeness (QED) is 0.799. The molecule has 3 rings (SSSR count). The van der Waals surface area contributed by atoms with Gasteiger partial charge in [0.2, 0.25) is 5.91 Å². The highest BCUT2D eigenvalue weighted by atomic mass is 32.2. The number of hydrogen-bond donors (Lipinski definition) is 0. The van der Waals surface area contributed by atoms with Crippen LogP contribution in [0.5, 0.6) is 0 Å². The lowest BCUT2D eigenvalue weighted by molar-refractivity contribution is -0.131. The molecule has 112 valence electrons. The van der Waals surface area contributed by atoms with Crippen molar-refractivity contribution in [1.82, 2.24) is 4.90 Å². The van der Waals surface area contributed by atoms with Crippen LogP contribution >= 0.6 is 24.0 Å². The van der Waals surface area contributed by atoms with Gasteiger partial charge in [-0.1, -0.05) is 36.1 Å². The molecule has 2 fully saturated rings. The molecular weight excluding hydrogens is 309 g/mol. The summed E-state index contributed by atoms with van der Waals surface area (Å²) in [5.74, 6) is 0.115. The zero-order valence-electron chi connectivity index (χ0n) is 11.5. The molecule has 0 saturated carbocycles. The SMILES string of the molecule is O=C([C@H](c1ccc(F)cc1)[C@@H]1CCCO1)N1CCSC1=S. The van der Waals surface area contributed by atoms with Crippen molar-refractivity contribution in [3.63, 3.8) is 0 Å². The van der Waals surface area contributed by atoms with Crippen LogP contribution in [-0.4, -0.2) is 40.1 Å². The van der Waals surface area contributed by atoms with Crippen molar-refractivity contribution >= 4 is 34.2 Å². The van der Waals surface area contributed by atoms with Gasteiger partial charge in [-0.3, -0.25) is 9.69 Å². The Labute approximate surface area is 132 Å². The largest absolute Gasteiger partial charge is 0.377 e. The Kier molecular flexibility index (Phi) is 4.57. The van der Waals surface area contributed by atoms with Crippen LogP contribution in [0.2, 0.25) is 0 Å². The Morgan fingerprint density at radius 3 is 2.76 bits per heavy atom. The fourth-order valence-corrected chi connectivity index (χ4v) is 4.03. The summed E-state index contributed by atoms with van der Waals surface area (Å²) < 4.78 is 19.5. The molecule has 2 aliphatic rings. The summed E-state index contributed by atoms with van der Waals surface area (Å²) in [6, 6.07) is 6.13. The maximum Gasteiger partial charge on any atom is 0.238 e. The minimum atomic E-state index is -0.398. The van der Waals surface area contributed by atoms with Gasteiger partial charge >= 0.3 is 0 Å². The van der Waals surface area contributed by atoms with Crippen LogP contribution in [0, 0.1) is 5.82 Å². The van der Waals surface area contributed by atoms with Crippen molar-refractivity contribution in [3.05, 3.63) is 35.6 Å². The van der Waals surface area contributed by atoms with E-state index in [1.54, 1.807) is 17.0 Å². The third kappa shape index (κ3) is 3.12. The second-order valence-corrected chi connectivity index (χ2v) is 6.91. The van der Waals surface area contributed by atoms with E-state index in [-0.39, 0.29) is 17.8 Å². The van der Waals surface area contributed by atoms with E-state index in [1.165, 1.54) is 23.9 Å². The van der Waals surface area contributed by atoms with E-state index in [4.69, 9.17) is 17.0 Å². The summed E-state index contributed by atoms with van der Waals surface area (Å²) in [5, 5.41) is 0. The molecular formula is C15H16FNO2S2. The number of carbonyl (C=O) groups excluding carboxylic acids is 1. The molecule has 0 spiro atoms. The Morgan fingerprint density at radius 2 is 2.19 bits per heavy atom. The average Bonchev–Trinajstić information content (AvgIpc) is 3.13. The van der Waals surface area contributed by atoms with Crippen molar-refractivity contribution in [1.29, 1.82) is 0 Å². The van der Waals surface area contributed by atoms with Crippen molar-refractivity contribution < 1.29 is 13.9 Å². The molecule has 2 atom stereocenters. The number of rotatable bonds is 3. The van der Waals surface area contributed by atoms with Crippen LogP contribution in [0.4, 0.5) is 4.39 Å². The molecule has 0 bridgehead atoms. The van der Waals surface area contributed by atoms with Crippen molar-refractivity contribution in [2.75, 3.05) is 18.9 Å². The molecule has 0 aromatic heterocycles. The highest BCUT2D eigenvalue weighted by Crippen LogP contribution is 2.33. The second kappa shape index (κ2) is 6.42. The number of hydrogen-bond acceptors (Lipinski definition) is 4. The van der Waals surface area contributed by atoms with E-state index in [9.17, 15) is 9.18 Å². The smallest absolute Gasteiger partial charge is 0.238 e. The number of nitrogens with zero attached hydrogens (tertiary/aromatic N) is 1. The molecule has 0 radical (unpaired) electrons. The normalized spacial score (nSPS) is 23.6. The molecule has 21 heavy (non-hydrogen) atoms. The van der Waals surface area contributed by atoms with E-state index < -0.39 is 5.92 Å². The Morgan fingerprint density at radius 1 is 1.43 bits per heavy atom. The van der Waals surface area contributed by atoms with E-state index in [0.29, 0.717) is 17.5 Å². The summed E-state index contributed by atoms with van der Waals surface area (Å²) in [6.07, 6.45) is 1.66. The number of thiocarbonyl (C=S) groups is 1. The third-order valence-corrected chi connectivity index (χ3v) is 5.29. The number of ether oxygens (including phenoxy) is 1. The van der Waals surface area contributed by atoms with Gasteiger partial charge < -0.3 is 4.74 Å². The highest BCUT2D eigenvalue weighted by molar-refractivity contribution is 8.23. The maximum absolute atomic E-state index is 13.1. The number of halogens is 1. The molecule has 1 amide bonds. The number of carbonyl (C=O) groups is 1. The van der Waals surface area contributed by atoms with Gasteiger partial charge in [-0.25, -0.2) is 4.39 Å². The molecule has 0 unspecified atom stereocenters. The maximum atomic E-state index is 13.1. The first kappa shape index (κ1) is 14.9. The summed E-state index contributed by atoms with van der Waals surface area (Å²) in [6.45, 7) is 1.32. The van der Waals surface area contributed by atoms with Gasteiger partial charge in [0.15, 0.2) is 0 Å². The van der Waals surface area contributed by atoms with Crippen LogP contribution in [0.25, 0.3) is 0 Å². The fourth-order valence-electron chi connectivity index (χ4n) is 2.81. The van der Waals surface area contributed by atoms with Crippen LogP contribution in [0.3, 0.4) is 0 Å². The van der Waals surface area contributed by atoms with Crippen LogP contribution in [0.1, 0.15) is 24.3 Å². The van der Waals surface area contributed by atoms with Gasteiger partial charge in [-0.15, -0.1) is 0 Å². The summed E-state index contributed by atoms with van der Waals surface area (Å²) in [7, 11) is 0. The van der Waals surface area contributed by atoms with E-state index in [1.807, 2.05) is 0 Å². The zero-order chi connectivity index (χ0) is 14.8. The Bertz CT molecular complexity index is 543. The summed E-state index contributed by atoms with van der Waals surface area (Å²) >= 11 is 6.78. The monoisotopic (exact) mass is 325 g/mol. The van der Waals surface area contributed by atoms with Crippen LogP contribution < -0.4 is 0 Å². The predicted octanol–water partition coefficient (Wildman–Crippen LogP) is 2.95. The lowest BCUT2D eigenvalue weighted by atomic mass is 9.90. The van der Waals surface area contributed by atoms with Gasteiger partial charge in [-0.2, -0.15) is 0 Å². The molecule has 2 heterocycles. The van der Waals surface area contributed by atoms with E-state index in [0.717, 1.165) is 24.2 Å². The van der Waals surface area contributed by atoms with Crippen molar-refractivity contribution in [2.45, 2.75) is 24.9 Å². The Balaban J connectivity index is 1.89. The minimum Gasteiger partial charge on any atom is -0.377 e. The average molecular weight is 325 g/mol. The van der Waals surface area contributed by atoms with Gasteiger partial charge in [0, 0.05) is 18.9 Å². The Hall–Kier alpha value is -0.980. The van der Waals surface area contributed by atoms with Gasteiger partial charge in [0.25, 0.3) is 0 Å². The third-order valence-electron chi connectivity index (χ3n) is 3.86. The first-order chi connectivity index (χ1) is 10.2.